The lowest BCUT2D eigenvalue weighted by Crippen LogP contribution is -2.15. The van der Waals surface area contributed by atoms with E-state index in [1.807, 2.05) is 6.07 Å². The summed E-state index contributed by atoms with van der Waals surface area (Å²) in [6.45, 7) is 0. The molecule has 0 radical (unpaired) electrons. The molecule has 1 amide bonds. The number of carbonyl (C=O) groups is 1. The number of para-hydroxylation sites is 2. The first-order chi connectivity index (χ1) is 13.6. The number of nitrogens with zero attached hydrogens (tertiary/aromatic N) is 2. The minimum Gasteiger partial charge on any atom is -0.497 e. The molecule has 0 fully saturated rings. The summed E-state index contributed by atoms with van der Waals surface area (Å²) in [4.78, 5) is 20.8. The van der Waals surface area contributed by atoms with Crippen molar-refractivity contribution in [3.63, 3.8) is 0 Å². The molecule has 0 aliphatic heterocycles. The number of carbonyl (C=O) groups excluding carboxylic acids is 1. The van der Waals surface area contributed by atoms with E-state index in [0.29, 0.717) is 34.4 Å². The van der Waals surface area contributed by atoms with Gasteiger partial charge >= 0.3 is 0 Å². The summed E-state index contributed by atoms with van der Waals surface area (Å²) >= 11 is 0. The summed E-state index contributed by atoms with van der Waals surface area (Å²) in [5.74, 6) is 1.88. The van der Waals surface area contributed by atoms with Crippen molar-refractivity contribution in [1.29, 1.82) is 0 Å². The van der Waals surface area contributed by atoms with Crippen LogP contribution in [0.15, 0.2) is 54.9 Å². The molecule has 0 unspecified atom stereocenters. The third-order valence-electron chi connectivity index (χ3n) is 3.92. The molecule has 28 heavy (non-hydrogen) atoms. The number of aromatic nitrogens is 2. The van der Waals surface area contributed by atoms with Gasteiger partial charge in [-0.05, 0) is 24.3 Å². The molecule has 2 aromatic carbocycles. The highest BCUT2D eigenvalue weighted by Crippen LogP contribution is 2.31. The van der Waals surface area contributed by atoms with Crippen LogP contribution in [0.1, 0.15) is 10.5 Å². The first-order valence-corrected chi connectivity index (χ1v) is 8.40. The zero-order chi connectivity index (χ0) is 19.9. The van der Waals surface area contributed by atoms with Crippen LogP contribution in [0.3, 0.4) is 0 Å². The number of hydrogen-bond acceptors (Lipinski definition) is 7. The van der Waals surface area contributed by atoms with Crippen LogP contribution < -0.4 is 24.8 Å². The van der Waals surface area contributed by atoms with Crippen LogP contribution >= 0.6 is 0 Å². The van der Waals surface area contributed by atoms with Crippen molar-refractivity contribution in [2.45, 2.75) is 0 Å². The standard InChI is InChI=1S/C20H20N4O4/c1-26-13-8-9-18(28-3)15(10-13)23-19-11-16(21-12-22-19)20(25)24-14-6-4-5-7-17(14)27-2/h4-12H,1-3H3,(H,24,25)(H,21,22,23). The van der Waals surface area contributed by atoms with E-state index in [9.17, 15) is 4.79 Å². The molecular weight excluding hydrogens is 360 g/mol. The van der Waals surface area contributed by atoms with Gasteiger partial charge in [0.1, 0.15) is 35.1 Å². The second-order valence-electron chi connectivity index (χ2n) is 5.63. The zero-order valence-corrected chi connectivity index (χ0v) is 15.7. The third-order valence-corrected chi connectivity index (χ3v) is 3.92. The predicted octanol–water partition coefficient (Wildman–Crippen LogP) is 3.50. The highest BCUT2D eigenvalue weighted by molar-refractivity contribution is 6.04. The summed E-state index contributed by atoms with van der Waals surface area (Å²) in [5, 5.41) is 5.90. The van der Waals surface area contributed by atoms with E-state index in [2.05, 4.69) is 20.6 Å². The second-order valence-corrected chi connectivity index (χ2v) is 5.63. The van der Waals surface area contributed by atoms with Crippen molar-refractivity contribution in [3.05, 3.63) is 60.6 Å². The summed E-state index contributed by atoms with van der Waals surface area (Å²) in [6, 6.07) is 14.0. The largest absolute Gasteiger partial charge is 0.497 e. The van der Waals surface area contributed by atoms with Crippen LogP contribution in [0.25, 0.3) is 0 Å². The number of hydrogen-bond donors (Lipinski definition) is 2. The van der Waals surface area contributed by atoms with E-state index >= 15 is 0 Å². The number of amides is 1. The summed E-state index contributed by atoms with van der Waals surface area (Å²) in [7, 11) is 4.69. The highest BCUT2D eigenvalue weighted by atomic mass is 16.5. The van der Waals surface area contributed by atoms with Crippen molar-refractivity contribution >= 4 is 23.1 Å². The molecule has 0 aliphatic carbocycles. The van der Waals surface area contributed by atoms with Crippen molar-refractivity contribution in [1.82, 2.24) is 9.97 Å². The van der Waals surface area contributed by atoms with Crippen LogP contribution in [0.2, 0.25) is 0 Å². The Labute approximate surface area is 162 Å². The molecule has 1 heterocycles. The van der Waals surface area contributed by atoms with Gasteiger partial charge in [-0.25, -0.2) is 9.97 Å². The minimum atomic E-state index is -0.382. The summed E-state index contributed by atoms with van der Waals surface area (Å²) < 4.78 is 15.8. The van der Waals surface area contributed by atoms with E-state index in [0.717, 1.165) is 0 Å². The number of benzene rings is 2. The lowest BCUT2D eigenvalue weighted by molar-refractivity contribution is 0.102. The zero-order valence-electron chi connectivity index (χ0n) is 15.7. The molecule has 0 bridgehead atoms. The van der Waals surface area contributed by atoms with Gasteiger partial charge in [-0.1, -0.05) is 12.1 Å². The topological polar surface area (TPSA) is 94.6 Å². The molecule has 2 N–H and O–H groups in total. The smallest absolute Gasteiger partial charge is 0.274 e. The maximum absolute atomic E-state index is 12.6. The number of rotatable bonds is 7. The first-order valence-electron chi connectivity index (χ1n) is 8.40. The quantitative estimate of drug-likeness (QED) is 0.648. The number of anilines is 3. The molecule has 8 heteroatoms. The van der Waals surface area contributed by atoms with Gasteiger partial charge in [0, 0.05) is 12.1 Å². The van der Waals surface area contributed by atoms with Crippen LogP contribution in [-0.2, 0) is 0 Å². The predicted molar refractivity (Wildman–Crippen MR) is 106 cm³/mol. The van der Waals surface area contributed by atoms with Gasteiger partial charge in [0.05, 0.1) is 32.7 Å². The van der Waals surface area contributed by atoms with Gasteiger partial charge in [0.2, 0.25) is 0 Å². The van der Waals surface area contributed by atoms with Crippen LogP contribution in [0.4, 0.5) is 17.2 Å². The summed E-state index contributed by atoms with van der Waals surface area (Å²) in [5.41, 5.74) is 1.40. The molecule has 0 spiro atoms. The number of nitrogens with one attached hydrogen (secondary N) is 2. The minimum absolute atomic E-state index is 0.199. The monoisotopic (exact) mass is 380 g/mol. The molecule has 8 nitrogen and oxygen atoms in total. The van der Waals surface area contributed by atoms with E-state index < -0.39 is 0 Å². The van der Waals surface area contributed by atoms with Crippen molar-refractivity contribution < 1.29 is 19.0 Å². The molecule has 0 saturated carbocycles. The van der Waals surface area contributed by atoms with E-state index in [4.69, 9.17) is 14.2 Å². The van der Waals surface area contributed by atoms with Crippen LogP contribution in [0.5, 0.6) is 17.2 Å². The molecule has 1 aromatic heterocycles. The Morgan fingerprint density at radius 3 is 2.36 bits per heavy atom. The molecule has 0 saturated heterocycles. The van der Waals surface area contributed by atoms with Crippen LogP contribution in [0, 0.1) is 0 Å². The maximum Gasteiger partial charge on any atom is 0.274 e. The average Bonchev–Trinajstić information content (AvgIpc) is 2.74. The highest BCUT2D eigenvalue weighted by Gasteiger charge is 2.13. The van der Waals surface area contributed by atoms with Gasteiger partial charge in [-0.3, -0.25) is 4.79 Å². The number of ether oxygens (including phenoxy) is 3. The molecule has 0 aliphatic rings. The Bertz CT molecular complexity index is 978. The second kappa shape index (κ2) is 8.72. The SMILES string of the molecule is COc1ccc(OC)c(Nc2cc(C(=O)Nc3ccccc3OC)ncn2)c1. The van der Waals surface area contributed by atoms with Gasteiger partial charge in [0.15, 0.2) is 0 Å². The Hall–Kier alpha value is -3.81. The van der Waals surface area contributed by atoms with E-state index in [-0.39, 0.29) is 11.6 Å². The average molecular weight is 380 g/mol. The fourth-order valence-corrected chi connectivity index (χ4v) is 2.53. The lowest BCUT2D eigenvalue weighted by Gasteiger charge is -2.13. The Balaban J connectivity index is 1.82. The fourth-order valence-electron chi connectivity index (χ4n) is 2.53. The van der Waals surface area contributed by atoms with E-state index in [1.165, 1.54) is 6.33 Å². The molecule has 0 atom stereocenters. The third kappa shape index (κ3) is 4.29. The molecule has 3 rings (SSSR count). The lowest BCUT2D eigenvalue weighted by atomic mass is 10.2. The molecular formula is C20H20N4O4. The van der Waals surface area contributed by atoms with E-state index in [1.54, 1.807) is 63.8 Å². The summed E-state index contributed by atoms with van der Waals surface area (Å²) in [6.07, 6.45) is 1.31. The van der Waals surface area contributed by atoms with Crippen molar-refractivity contribution in [3.8, 4) is 17.2 Å². The Kier molecular flexibility index (Phi) is 5.91. The molecule has 144 valence electrons. The van der Waals surface area contributed by atoms with Gasteiger partial charge in [-0.2, -0.15) is 0 Å². The Morgan fingerprint density at radius 2 is 1.61 bits per heavy atom. The van der Waals surface area contributed by atoms with Gasteiger partial charge < -0.3 is 24.8 Å². The van der Waals surface area contributed by atoms with Crippen molar-refractivity contribution in [2.75, 3.05) is 32.0 Å². The number of methoxy groups -OCH3 is 3. The van der Waals surface area contributed by atoms with Gasteiger partial charge in [0.25, 0.3) is 5.91 Å². The normalized spacial score (nSPS) is 10.1. The van der Waals surface area contributed by atoms with Crippen LogP contribution in [-0.4, -0.2) is 37.2 Å². The van der Waals surface area contributed by atoms with Crippen molar-refractivity contribution in [2.24, 2.45) is 0 Å². The Morgan fingerprint density at radius 1 is 0.857 bits per heavy atom. The fraction of sp³-hybridized carbons (Fsp3) is 0.150. The maximum atomic E-state index is 12.6. The van der Waals surface area contributed by atoms with Gasteiger partial charge in [-0.15, -0.1) is 0 Å². The molecule has 3 aromatic rings. The first kappa shape index (κ1) is 19.0.